The summed E-state index contributed by atoms with van der Waals surface area (Å²) in [5.74, 6) is -1.94. The van der Waals surface area contributed by atoms with Crippen LogP contribution in [0.4, 0.5) is 0 Å². The Kier molecular flexibility index (Phi) is 9.60. The van der Waals surface area contributed by atoms with Gasteiger partial charge in [-0.3, -0.25) is 19.3 Å². The van der Waals surface area contributed by atoms with Crippen LogP contribution in [0.2, 0.25) is 0 Å². The SMILES string of the molecule is COC(=O)C(C)=CCC12OC(C)(C)C3CC(C1=O)C(N1CCN(C)CC1)C1C(=O)c4c(c(CC=C(C)C)c5c6c4OC(=O)CC6=CC(C)(CCC=C(C)C)O5)OC132. The number of ketones is 2. The van der Waals surface area contributed by atoms with Crippen molar-refractivity contribution in [3.63, 3.8) is 0 Å². The van der Waals surface area contributed by atoms with Crippen molar-refractivity contribution >= 4 is 29.1 Å². The number of ether oxygens (including phenoxy) is 5. The van der Waals surface area contributed by atoms with Gasteiger partial charge >= 0.3 is 11.9 Å². The van der Waals surface area contributed by atoms with Crippen LogP contribution >= 0.6 is 0 Å². The van der Waals surface area contributed by atoms with Gasteiger partial charge in [-0.05, 0) is 99.8 Å². The number of esters is 2. The monoisotopic (exact) mass is 782 g/mol. The van der Waals surface area contributed by atoms with E-state index in [4.69, 9.17) is 23.7 Å². The molecule has 5 aliphatic heterocycles. The Balaban J connectivity index is 1.41. The summed E-state index contributed by atoms with van der Waals surface area (Å²) in [4.78, 5) is 62.5. The number of hydrogen-bond donors (Lipinski definition) is 0. The predicted octanol–water partition coefficient (Wildman–Crippen LogP) is 6.61. The lowest BCUT2D eigenvalue weighted by Crippen LogP contribution is -2.82. The molecule has 2 saturated heterocycles. The molecule has 7 atom stereocenters. The van der Waals surface area contributed by atoms with E-state index in [-0.39, 0.29) is 41.6 Å². The van der Waals surface area contributed by atoms with Gasteiger partial charge in [0.25, 0.3) is 0 Å². The zero-order chi connectivity index (χ0) is 41.0. The first kappa shape index (κ1) is 39.8. The molecule has 0 aromatic heterocycles. The van der Waals surface area contributed by atoms with Crippen molar-refractivity contribution in [2.24, 2.45) is 17.8 Å². The maximum Gasteiger partial charge on any atom is 0.333 e. The Bertz CT molecular complexity index is 2080. The molecule has 1 aromatic carbocycles. The predicted molar refractivity (Wildman–Crippen MR) is 214 cm³/mol. The van der Waals surface area contributed by atoms with Crippen LogP contribution in [0.1, 0.15) is 109 Å². The fourth-order valence-corrected chi connectivity index (χ4v) is 11.3. The normalized spacial score (nSPS) is 33.5. The average Bonchev–Trinajstić information content (AvgIpc) is 3.28. The van der Waals surface area contributed by atoms with Gasteiger partial charge in [0.05, 0.1) is 30.6 Å². The summed E-state index contributed by atoms with van der Waals surface area (Å²) in [7, 11) is 3.41. The lowest BCUT2D eigenvalue weighted by Gasteiger charge is -2.65. The molecule has 9 rings (SSSR count). The number of fused-ring (bicyclic) bond motifs is 2. The van der Waals surface area contributed by atoms with E-state index >= 15 is 9.59 Å². The van der Waals surface area contributed by atoms with E-state index in [1.54, 1.807) is 13.0 Å². The van der Waals surface area contributed by atoms with E-state index in [0.717, 1.165) is 30.7 Å². The second kappa shape index (κ2) is 13.8. The van der Waals surface area contributed by atoms with E-state index in [2.05, 4.69) is 42.8 Å². The first-order chi connectivity index (χ1) is 26.9. The molecule has 1 spiro atoms. The number of rotatable bonds is 9. The molecule has 3 aliphatic carbocycles. The quantitative estimate of drug-likeness (QED) is 0.117. The molecule has 7 unspecified atom stereocenters. The first-order valence-corrected chi connectivity index (χ1v) is 20.6. The van der Waals surface area contributed by atoms with Crippen LogP contribution in [0.5, 0.6) is 17.2 Å². The average molecular weight is 783 g/mol. The molecule has 1 aromatic rings. The van der Waals surface area contributed by atoms with Crippen molar-refractivity contribution in [1.29, 1.82) is 0 Å². The molecule has 0 radical (unpaired) electrons. The zero-order valence-corrected chi connectivity index (χ0v) is 35.3. The van der Waals surface area contributed by atoms with Gasteiger partial charge in [-0.25, -0.2) is 4.79 Å². The second-order valence-corrected chi connectivity index (χ2v) is 18.7. The first-order valence-electron chi connectivity index (χ1n) is 20.6. The van der Waals surface area contributed by atoms with Crippen LogP contribution in [-0.4, -0.2) is 102 Å². The summed E-state index contributed by atoms with van der Waals surface area (Å²) in [6.45, 7) is 18.8. The number of carbonyl (C=O) groups excluding carboxylic acids is 4. The smallest absolute Gasteiger partial charge is 0.333 e. The molecular formula is C46H58N2O9. The standard InChI is InChI=1S/C46H58N2O9/c1-25(2)12-11-16-44(8)24-28-22-32(49)54-40-33(28)38(55-44)29(14-13-26(3)4)39-34(40)37(50)35-36(48-20-18-47(9)19-21-48)30-23-31-43(6,7)57-45(41(30)51,46(31,35)56-39)17-15-27(5)42(52)53-10/h12-13,15,24,30-31,35-36H,11,14,16-23H2,1-10H3. The van der Waals surface area contributed by atoms with Crippen molar-refractivity contribution in [2.45, 2.75) is 122 Å². The number of benzene rings is 1. The van der Waals surface area contributed by atoms with Crippen molar-refractivity contribution in [3.05, 3.63) is 57.7 Å². The van der Waals surface area contributed by atoms with Gasteiger partial charge in [0.15, 0.2) is 28.5 Å². The van der Waals surface area contributed by atoms with Crippen molar-refractivity contribution < 1.29 is 42.9 Å². The Hall–Kier alpha value is -4.06. The topological polar surface area (TPSA) is 121 Å². The molecule has 57 heavy (non-hydrogen) atoms. The van der Waals surface area contributed by atoms with E-state index in [1.165, 1.54) is 12.7 Å². The number of nitrogens with zero attached hydrogens (tertiary/aromatic N) is 2. The number of Topliss-reactive ketones (excluding diaryl/α,β-unsaturated/α-hetero) is 2. The highest BCUT2D eigenvalue weighted by Crippen LogP contribution is 2.71. The third kappa shape index (κ3) is 5.92. The Labute approximate surface area is 336 Å². The van der Waals surface area contributed by atoms with Gasteiger partial charge in [0.2, 0.25) is 0 Å². The van der Waals surface area contributed by atoms with Crippen LogP contribution in [0, 0.1) is 17.8 Å². The van der Waals surface area contributed by atoms with Crippen LogP contribution < -0.4 is 14.2 Å². The Morgan fingerprint density at radius 1 is 0.912 bits per heavy atom. The van der Waals surface area contributed by atoms with Crippen molar-refractivity contribution in [1.82, 2.24) is 9.80 Å². The van der Waals surface area contributed by atoms with Crippen LogP contribution in [0.25, 0.3) is 5.57 Å². The second-order valence-electron chi connectivity index (χ2n) is 18.7. The number of methoxy groups -OCH3 is 1. The third-order valence-corrected chi connectivity index (χ3v) is 13.9. The van der Waals surface area contributed by atoms with E-state index < -0.39 is 52.2 Å². The van der Waals surface area contributed by atoms with E-state index in [9.17, 15) is 9.59 Å². The number of likely N-dealkylation sites (N-methyl/N-ethyl adjacent to an activating group) is 1. The number of hydrogen-bond acceptors (Lipinski definition) is 11. The minimum Gasteiger partial charge on any atom is -0.482 e. The van der Waals surface area contributed by atoms with E-state index in [0.29, 0.717) is 60.6 Å². The lowest BCUT2D eigenvalue weighted by atomic mass is 9.44. The summed E-state index contributed by atoms with van der Waals surface area (Å²) in [5.41, 5.74) is 0.301. The lowest BCUT2D eigenvalue weighted by molar-refractivity contribution is -0.214. The van der Waals surface area contributed by atoms with Gasteiger partial charge in [-0.15, -0.1) is 0 Å². The maximum atomic E-state index is 16.1. The Morgan fingerprint density at radius 3 is 2.26 bits per heavy atom. The molecule has 4 bridgehead atoms. The number of allylic oxidation sites excluding steroid dienone is 4. The summed E-state index contributed by atoms with van der Waals surface area (Å²) in [5, 5.41) is 0. The summed E-state index contributed by atoms with van der Waals surface area (Å²) < 4.78 is 33.1. The maximum absolute atomic E-state index is 16.1. The molecule has 8 aliphatic rings. The number of carbonyl (C=O) groups is 4. The van der Waals surface area contributed by atoms with Gasteiger partial charge in [0, 0.05) is 61.6 Å². The van der Waals surface area contributed by atoms with E-state index in [1.807, 2.05) is 40.7 Å². The summed E-state index contributed by atoms with van der Waals surface area (Å²) in [6.07, 6.45) is 10.4. The molecular weight excluding hydrogens is 725 g/mol. The van der Waals surface area contributed by atoms with Gasteiger partial charge in [-0.2, -0.15) is 0 Å². The van der Waals surface area contributed by atoms with Gasteiger partial charge in [0.1, 0.15) is 22.7 Å². The molecule has 0 amide bonds. The summed E-state index contributed by atoms with van der Waals surface area (Å²) >= 11 is 0. The molecule has 0 N–H and O–H groups in total. The number of piperazine rings is 1. The highest BCUT2D eigenvalue weighted by molar-refractivity contribution is 6.12. The minimum atomic E-state index is -1.59. The molecule has 11 heteroatoms. The highest BCUT2D eigenvalue weighted by Gasteiger charge is 2.86. The van der Waals surface area contributed by atoms with Crippen molar-refractivity contribution in [3.8, 4) is 17.2 Å². The molecule has 5 heterocycles. The van der Waals surface area contributed by atoms with Crippen LogP contribution in [0.15, 0.2) is 41.0 Å². The minimum absolute atomic E-state index is 0.0275. The molecule has 5 fully saturated rings. The molecule has 11 nitrogen and oxygen atoms in total. The summed E-state index contributed by atoms with van der Waals surface area (Å²) in [6, 6.07) is -0.465. The fraction of sp³-hybridized carbons (Fsp3) is 0.609. The van der Waals surface area contributed by atoms with Crippen molar-refractivity contribution in [2.75, 3.05) is 40.3 Å². The van der Waals surface area contributed by atoms with Gasteiger partial charge < -0.3 is 28.6 Å². The highest BCUT2D eigenvalue weighted by atomic mass is 16.6. The van der Waals surface area contributed by atoms with Crippen LogP contribution in [-0.2, 0) is 30.3 Å². The van der Waals surface area contributed by atoms with Crippen LogP contribution in [0.3, 0.4) is 0 Å². The molecule has 3 saturated carbocycles. The van der Waals surface area contributed by atoms with Gasteiger partial charge in [-0.1, -0.05) is 29.4 Å². The zero-order valence-electron chi connectivity index (χ0n) is 35.3. The molecule has 306 valence electrons. The fourth-order valence-electron chi connectivity index (χ4n) is 11.3. The Morgan fingerprint density at radius 2 is 1.60 bits per heavy atom. The largest absolute Gasteiger partial charge is 0.482 e. The third-order valence-electron chi connectivity index (χ3n) is 13.9.